The molecule has 6 aliphatic rings. The number of amides is 5. The molecule has 6 rings (SSSR count). The molecule has 4 N–H and O–H groups in total. The number of hydrogen-bond donors (Lipinski definition) is 4. The fourth-order valence-corrected chi connectivity index (χ4v) is 10.6. The van der Waals surface area contributed by atoms with Crippen LogP contribution in [-0.4, -0.2) is 102 Å². The zero-order chi connectivity index (χ0) is 37.8. The third-order valence-corrected chi connectivity index (χ3v) is 14.3. The normalized spacial score (nSPS) is 28.6. The molecular formula is C40H64N6O6. The molecular weight excluding hydrogens is 660 g/mol. The molecule has 0 bridgehead atoms. The van der Waals surface area contributed by atoms with Crippen LogP contribution in [-0.2, 0) is 28.8 Å². The van der Waals surface area contributed by atoms with Gasteiger partial charge in [0.05, 0.1) is 12.0 Å². The van der Waals surface area contributed by atoms with Crippen molar-refractivity contribution in [3.8, 4) is 0 Å². The number of ketones is 1. The summed E-state index contributed by atoms with van der Waals surface area (Å²) in [6.45, 7) is 13.9. The predicted octanol–water partition coefficient (Wildman–Crippen LogP) is 3.07. The quantitative estimate of drug-likeness (QED) is 0.213. The molecule has 0 aromatic heterocycles. The van der Waals surface area contributed by atoms with Crippen LogP contribution in [0.3, 0.4) is 0 Å². The molecule has 5 atom stereocenters. The van der Waals surface area contributed by atoms with Crippen molar-refractivity contribution in [3.05, 3.63) is 0 Å². The Morgan fingerprint density at radius 3 is 2.00 bits per heavy atom. The van der Waals surface area contributed by atoms with Gasteiger partial charge < -0.3 is 31.1 Å². The second-order valence-corrected chi connectivity index (χ2v) is 18.9. The molecule has 12 nitrogen and oxygen atoms in total. The van der Waals surface area contributed by atoms with Crippen LogP contribution in [0.1, 0.15) is 125 Å². The number of nitrogens with one attached hydrogen (secondary N) is 4. The Hall–Kier alpha value is -3.02. The van der Waals surface area contributed by atoms with Gasteiger partial charge in [-0.25, -0.2) is 0 Å². The number of Topliss-reactive ketones (excluding diaryl/α,β-unsaturated/α-hetero) is 1. The van der Waals surface area contributed by atoms with Crippen molar-refractivity contribution in [2.45, 2.75) is 155 Å². The molecule has 0 unspecified atom stereocenters. The van der Waals surface area contributed by atoms with Crippen molar-refractivity contribution < 1.29 is 28.8 Å². The summed E-state index contributed by atoms with van der Waals surface area (Å²) in [6, 6.07) is -3.52. The van der Waals surface area contributed by atoms with Crippen LogP contribution in [0, 0.1) is 33.5 Å². The topological polar surface area (TPSA) is 157 Å². The van der Waals surface area contributed by atoms with Gasteiger partial charge in [-0.1, -0.05) is 73.6 Å². The predicted molar refractivity (Wildman–Crippen MR) is 197 cm³/mol. The van der Waals surface area contributed by atoms with Gasteiger partial charge in [-0.05, 0) is 80.6 Å². The van der Waals surface area contributed by atoms with E-state index in [9.17, 15) is 28.8 Å². The first-order valence-corrected chi connectivity index (χ1v) is 20.2. The number of fused-ring (bicyclic) bond motifs is 1. The third-order valence-electron chi connectivity index (χ3n) is 14.3. The van der Waals surface area contributed by atoms with Crippen molar-refractivity contribution in [1.82, 2.24) is 31.1 Å². The molecule has 0 aromatic carbocycles. The van der Waals surface area contributed by atoms with E-state index in [0.717, 1.165) is 64.2 Å². The number of rotatable bonds is 13. The van der Waals surface area contributed by atoms with Gasteiger partial charge in [-0.3, -0.25) is 28.8 Å². The van der Waals surface area contributed by atoms with Crippen molar-refractivity contribution in [1.29, 1.82) is 0 Å². The molecule has 6 fully saturated rings. The summed E-state index contributed by atoms with van der Waals surface area (Å²) in [5.41, 5.74) is -1.01. The molecule has 0 radical (unpaired) electrons. The molecule has 290 valence electrons. The lowest BCUT2D eigenvalue weighted by atomic mass is 9.73. The standard InChI is InChI=1S/C40H64N6O6/c1-8-13-27(30(47)35(51)41-26-16-17-26)42-33(49)28-20-40(38(5,6)39(40)18-12-19-39)23-46(28)36(52)31(37(2,3)4)44-34(50)29(24-14-10-9-11-15-24)43-32(48)25-21-45(7)22-25/h24-29,31H,8-23H2,1-7H3,(H,41,51)(H,42,49)(H,43,48)(H,44,50)/t27-,28-,29-,31+,40+/m0/s1. The monoisotopic (exact) mass is 724 g/mol. The highest BCUT2D eigenvalue weighted by molar-refractivity contribution is 6.38. The molecule has 52 heavy (non-hydrogen) atoms. The number of carbonyl (C=O) groups excluding carboxylic acids is 6. The average Bonchev–Trinajstić information content (AvgIpc) is 3.88. The fourth-order valence-electron chi connectivity index (χ4n) is 10.6. The SMILES string of the molecule is CCC[C@H](NC(=O)[C@@H]1C[C@@]2(CN1C(=O)[C@@H](NC(=O)[C@@H](NC(=O)C1CN(C)C1)C1CCCCC1)C(C)(C)C)C(C)(C)C21CCC1)C(=O)C(=O)NC1CC1. The molecule has 2 saturated heterocycles. The van der Waals surface area contributed by atoms with E-state index in [1.54, 1.807) is 4.90 Å². The highest BCUT2D eigenvalue weighted by Gasteiger charge is 2.85. The van der Waals surface area contributed by atoms with E-state index in [0.29, 0.717) is 38.9 Å². The largest absolute Gasteiger partial charge is 0.347 e. The highest BCUT2D eigenvalue weighted by atomic mass is 16.2. The molecule has 4 aliphatic carbocycles. The van der Waals surface area contributed by atoms with Crippen LogP contribution < -0.4 is 21.3 Å². The molecule has 2 spiro atoms. The number of nitrogens with zero attached hydrogens (tertiary/aromatic N) is 2. The van der Waals surface area contributed by atoms with Crippen molar-refractivity contribution in [2.75, 3.05) is 26.7 Å². The first-order valence-electron chi connectivity index (χ1n) is 20.2. The summed E-state index contributed by atoms with van der Waals surface area (Å²) in [6.07, 6.45) is 11.0. The van der Waals surface area contributed by atoms with Crippen LogP contribution in [0.15, 0.2) is 0 Å². The van der Waals surface area contributed by atoms with E-state index in [4.69, 9.17) is 0 Å². The second kappa shape index (κ2) is 14.3. The maximum absolute atomic E-state index is 15.0. The van der Waals surface area contributed by atoms with E-state index in [2.05, 4.69) is 40.0 Å². The van der Waals surface area contributed by atoms with E-state index >= 15 is 0 Å². The van der Waals surface area contributed by atoms with Gasteiger partial charge in [-0.15, -0.1) is 0 Å². The first kappa shape index (κ1) is 38.7. The van der Waals surface area contributed by atoms with Gasteiger partial charge in [0.2, 0.25) is 29.4 Å². The Bertz CT molecular complexity index is 1440. The van der Waals surface area contributed by atoms with Gasteiger partial charge in [0, 0.05) is 31.1 Å². The second-order valence-electron chi connectivity index (χ2n) is 18.9. The summed E-state index contributed by atoms with van der Waals surface area (Å²) in [5, 5.41) is 11.9. The molecule has 12 heteroatoms. The van der Waals surface area contributed by atoms with E-state index < -0.39 is 47.2 Å². The van der Waals surface area contributed by atoms with E-state index in [-0.39, 0.29) is 51.8 Å². The number of likely N-dealkylation sites (tertiary alicyclic amines) is 2. The van der Waals surface area contributed by atoms with Gasteiger partial charge in [0.1, 0.15) is 18.1 Å². The lowest BCUT2D eigenvalue weighted by molar-refractivity contribution is -0.146. The minimum absolute atomic E-state index is 0.0171. The summed E-state index contributed by atoms with van der Waals surface area (Å²) in [5.74, 6) is -2.73. The zero-order valence-corrected chi connectivity index (χ0v) is 32.7. The Balaban J connectivity index is 1.25. The van der Waals surface area contributed by atoms with Crippen LogP contribution in [0.2, 0.25) is 0 Å². The minimum Gasteiger partial charge on any atom is -0.347 e. The average molecular weight is 725 g/mol. The summed E-state index contributed by atoms with van der Waals surface area (Å²) < 4.78 is 0. The molecule has 0 aromatic rings. The molecule has 5 amide bonds. The minimum atomic E-state index is -0.983. The van der Waals surface area contributed by atoms with Crippen molar-refractivity contribution in [3.63, 3.8) is 0 Å². The first-order chi connectivity index (χ1) is 24.5. The van der Waals surface area contributed by atoms with Gasteiger partial charge in [-0.2, -0.15) is 0 Å². The van der Waals surface area contributed by atoms with Crippen LogP contribution in [0.4, 0.5) is 0 Å². The highest BCUT2D eigenvalue weighted by Crippen LogP contribution is 2.88. The van der Waals surface area contributed by atoms with Gasteiger partial charge in [0.25, 0.3) is 5.91 Å². The van der Waals surface area contributed by atoms with Gasteiger partial charge in [0.15, 0.2) is 0 Å². The number of carbonyl (C=O) groups is 6. The van der Waals surface area contributed by atoms with Crippen LogP contribution in [0.25, 0.3) is 0 Å². The molecule has 2 heterocycles. The van der Waals surface area contributed by atoms with Crippen molar-refractivity contribution in [2.24, 2.45) is 33.5 Å². The van der Waals surface area contributed by atoms with E-state index in [1.807, 2.05) is 34.7 Å². The Morgan fingerprint density at radius 1 is 0.827 bits per heavy atom. The lowest BCUT2D eigenvalue weighted by Crippen LogP contribution is -2.63. The fraction of sp³-hybridized carbons (Fsp3) is 0.850. The lowest BCUT2D eigenvalue weighted by Gasteiger charge is -2.39. The Morgan fingerprint density at radius 2 is 1.48 bits per heavy atom. The molecule has 4 saturated carbocycles. The van der Waals surface area contributed by atoms with Crippen LogP contribution >= 0.6 is 0 Å². The van der Waals surface area contributed by atoms with Crippen LogP contribution in [0.5, 0.6) is 0 Å². The van der Waals surface area contributed by atoms with Crippen molar-refractivity contribution >= 4 is 35.3 Å². The Labute approximate surface area is 310 Å². The Kier molecular flexibility index (Phi) is 10.7. The third kappa shape index (κ3) is 6.90. The van der Waals surface area contributed by atoms with Gasteiger partial charge >= 0.3 is 0 Å². The summed E-state index contributed by atoms with van der Waals surface area (Å²) in [7, 11) is 1.97. The zero-order valence-electron chi connectivity index (χ0n) is 32.7. The molecule has 2 aliphatic heterocycles. The smallest absolute Gasteiger partial charge is 0.289 e. The summed E-state index contributed by atoms with van der Waals surface area (Å²) in [4.78, 5) is 86.8. The summed E-state index contributed by atoms with van der Waals surface area (Å²) >= 11 is 0. The van der Waals surface area contributed by atoms with E-state index in [1.165, 1.54) is 0 Å². The maximum atomic E-state index is 15.0. The maximum Gasteiger partial charge on any atom is 0.289 e. The number of hydrogen-bond acceptors (Lipinski definition) is 7.